The molecule has 0 aromatic carbocycles. The maximum Gasteiger partial charge on any atom is 0.293 e. The number of nitrogen functional groups attached to an aromatic ring is 1. The summed E-state index contributed by atoms with van der Waals surface area (Å²) in [5.74, 6) is -0.269. The lowest BCUT2D eigenvalue weighted by molar-refractivity contribution is 0.0947. The molecule has 0 fully saturated rings. The number of nitrogens with zero attached hydrogens (tertiary/aromatic N) is 7. The SMILES string of the molecule is CCCN(CCC)Cc1c(C(=O)NN=Cc2ccoc2)nnn1-c1nonc1N. The van der Waals surface area contributed by atoms with Crippen molar-refractivity contribution in [2.24, 2.45) is 5.10 Å². The summed E-state index contributed by atoms with van der Waals surface area (Å²) in [6.07, 6.45) is 6.41. The van der Waals surface area contributed by atoms with Gasteiger partial charge < -0.3 is 10.2 Å². The number of carbonyl (C=O) groups excluding carboxylic acids is 1. The maximum atomic E-state index is 12.7. The molecule has 12 nitrogen and oxygen atoms in total. The van der Waals surface area contributed by atoms with E-state index in [-0.39, 0.29) is 17.3 Å². The second kappa shape index (κ2) is 9.59. The highest BCUT2D eigenvalue weighted by Crippen LogP contribution is 2.18. The van der Waals surface area contributed by atoms with E-state index < -0.39 is 5.91 Å². The molecular formula is C17H23N9O3. The number of nitrogens with one attached hydrogen (secondary N) is 1. The summed E-state index contributed by atoms with van der Waals surface area (Å²) < 4.78 is 11.0. The van der Waals surface area contributed by atoms with Gasteiger partial charge in [-0.1, -0.05) is 19.1 Å². The lowest BCUT2D eigenvalue weighted by Crippen LogP contribution is -2.28. The van der Waals surface area contributed by atoms with Crippen LogP contribution < -0.4 is 11.2 Å². The number of hydrogen-bond donors (Lipinski definition) is 2. The fourth-order valence-corrected chi connectivity index (χ4v) is 2.81. The van der Waals surface area contributed by atoms with Crippen LogP contribution in [-0.4, -0.2) is 55.4 Å². The van der Waals surface area contributed by atoms with Crippen molar-refractivity contribution in [2.45, 2.75) is 33.2 Å². The van der Waals surface area contributed by atoms with Crippen LogP contribution in [0.1, 0.15) is 48.4 Å². The Kier molecular flexibility index (Phi) is 6.68. The summed E-state index contributed by atoms with van der Waals surface area (Å²) in [6.45, 7) is 6.32. The number of nitrogens with two attached hydrogens (primary N) is 1. The minimum absolute atomic E-state index is 0.0543. The van der Waals surface area contributed by atoms with E-state index in [1.807, 2.05) is 0 Å². The third kappa shape index (κ3) is 4.85. The highest BCUT2D eigenvalue weighted by atomic mass is 16.6. The van der Waals surface area contributed by atoms with E-state index >= 15 is 0 Å². The molecule has 0 aliphatic heterocycles. The van der Waals surface area contributed by atoms with Gasteiger partial charge in [0.1, 0.15) is 0 Å². The lowest BCUT2D eigenvalue weighted by atomic mass is 10.2. The fraction of sp³-hybridized carbons (Fsp3) is 0.412. The maximum absolute atomic E-state index is 12.7. The number of carbonyl (C=O) groups is 1. The molecule has 0 unspecified atom stereocenters. The first kappa shape index (κ1) is 20.2. The molecule has 0 saturated carbocycles. The summed E-state index contributed by atoms with van der Waals surface area (Å²) in [7, 11) is 0. The Morgan fingerprint density at radius 2 is 2.14 bits per heavy atom. The van der Waals surface area contributed by atoms with E-state index in [0.717, 1.165) is 25.9 Å². The Hall–Kier alpha value is -3.54. The van der Waals surface area contributed by atoms with E-state index in [9.17, 15) is 4.79 Å². The van der Waals surface area contributed by atoms with Crippen molar-refractivity contribution in [2.75, 3.05) is 18.8 Å². The van der Waals surface area contributed by atoms with Crippen LogP contribution in [0.3, 0.4) is 0 Å². The largest absolute Gasteiger partial charge is 0.472 e. The number of amides is 1. The van der Waals surface area contributed by atoms with Crippen LogP contribution in [0, 0.1) is 0 Å². The summed E-state index contributed by atoms with van der Waals surface area (Å²) in [4.78, 5) is 14.9. The van der Waals surface area contributed by atoms with Gasteiger partial charge in [0.05, 0.1) is 24.4 Å². The molecule has 3 aromatic rings. The molecule has 3 N–H and O–H groups in total. The Morgan fingerprint density at radius 1 is 1.34 bits per heavy atom. The standard InChI is InChI=1S/C17H23N9O3/c1-3-6-25(7-4-2)10-13-14(17(27)21-19-9-12-5-8-28-11-12)20-24-26(13)16-15(18)22-29-23-16/h5,8-9,11H,3-4,6-7,10H2,1-2H3,(H2,18,22)(H,21,27). The van der Waals surface area contributed by atoms with Gasteiger partial charge in [0, 0.05) is 12.1 Å². The Balaban J connectivity index is 1.88. The average molecular weight is 401 g/mol. The van der Waals surface area contributed by atoms with Gasteiger partial charge in [-0.3, -0.25) is 9.69 Å². The molecule has 3 aromatic heterocycles. The predicted octanol–water partition coefficient (Wildman–Crippen LogP) is 1.21. The molecule has 0 spiro atoms. The zero-order valence-corrected chi connectivity index (χ0v) is 16.3. The van der Waals surface area contributed by atoms with Crippen molar-refractivity contribution in [1.82, 2.24) is 35.6 Å². The zero-order chi connectivity index (χ0) is 20.6. The van der Waals surface area contributed by atoms with Crippen LogP contribution in [-0.2, 0) is 6.54 Å². The van der Waals surface area contributed by atoms with Crippen molar-refractivity contribution < 1.29 is 13.8 Å². The molecule has 0 saturated heterocycles. The van der Waals surface area contributed by atoms with Gasteiger partial charge in [-0.25, -0.2) is 10.1 Å². The van der Waals surface area contributed by atoms with Crippen LogP contribution in [0.2, 0.25) is 0 Å². The van der Waals surface area contributed by atoms with Gasteiger partial charge in [-0.15, -0.1) is 5.10 Å². The van der Waals surface area contributed by atoms with Gasteiger partial charge >= 0.3 is 0 Å². The number of aromatic nitrogens is 5. The number of anilines is 1. The molecule has 0 aliphatic rings. The quantitative estimate of drug-likeness (QED) is 0.377. The molecule has 29 heavy (non-hydrogen) atoms. The third-order valence-electron chi connectivity index (χ3n) is 4.05. The minimum atomic E-state index is -0.506. The number of hydrogen-bond acceptors (Lipinski definition) is 10. The van der Waals surface area contributed by atoms with Crippen LogP contribution >= 0.6 is 0 Å². The van der Waals surface area contributed by atoms with E-state index in [0.29, 0.717) is 17.8 Å². The molecule has 1 amide bonds. The summed E-state index contributed by atoms with van der Waals surface area (Å²) in [6, 6.07) is 1.71. The smallest absolute Gasteiger partial charge is 0.293 e. The zero-order valence-electron chi connectivity index (χ0n) is 16.3. The molecule has 0 aliphatic carbocycles. The van der Waals surface area contributed by atoms with Crippen molar-refractivity contribution in [3.8, 4) is 5.82 Å². The Bertz CT molecular complexity index is 939. The summed E-state index contributed by atoms with van der Waals surface area (Å²) >= 11 is 0. The normalized spacial score (nSPS) is 11.6. The first-order valence-corrected chi connectivity index (χ1v) is 9.25. The molecule has 0 radical (unpaired) electrons. The number of furan rings is 1. The van der Waals surface area contributed by atoms with Gasteiger partial charge in [0.15, 0.2) is 5.69 Å². The van der Waals surface area contributed by atoms with E-state index in [2.05, 4.69) is 54.5 Å². The van der Waals surface area contributed by atoms with Crippen LogP contribution in [0.4, 0.5) is 5.82 Å². The second-order valence-electron chi connectivity index (χ2n) is 6.30. The van der Waals surface area contributed by atoms with Crippen molar-refractivity contribution >= 4 is 17.9 Å². The van der Waals surface area contributed by atoms with Gasteiger partial charge in [0.2, 0.25) is 11.6 Å². The second-order valence-corrected chi connectivity index (χ2v) is 6.30. The molecular weight excluding hydrogens is 378 g/mol. The topological polar surface area (TPSA) is 153 Å². The van der Waals surface area contributed by atoms with Crippen molar-refractivity contribution in [3.63, 3.8) is 0 Å². The van der Waals surface area contributed by atoms with Crippen molar-refractivity contribution in [3.05, 3.63) is 35.5 Å². The predicted molar refractivity (Wildman–Crippen MR) is 103 cm³/mol. The first-order valence-electron chi connectivity index (χ1n) is 9.25. The average Bonchev–Trinajstić information content (AvgIpc) is 3.43. The first-order chi connectivity index (χ1) is 14.1. The lowest BCUT2D eigenvalue weighted by Gasteiger charge is -2.21. The van der Waals surface area contributed by atoms with Crippen LogP contribution in [0.5, 0.6) is 0 Å². The number of hydrazone groups is 1. The Morgan fingerprint density at radius 3 is 2.76 bits per heavy atom. The molecule has 3 heterocycles. The highest BCUT2D eigenvalue weighted by molar-refractivity contribution is 5.94. The molecule has 3 rings (SSSR count). The Labute approximate surface area is 166 Å². The van der Waals surface area contributed by atoms with E-state index in [1.165, 1.54) is 23.4 Å². The monoisotopic (exact) mass is 401 g/mol. The van der Waals surface area contributed by atoms with Crippen molar-refractivity contribution in [1.29, 1.82) is 0 Å². The molecule has 0 atom stereocenters. The fourth-order valence-electron chi connectivity index (χ4n) is 2.81. The van der Waals surface area contributed by atoms with Gasteiger partial charge in [-0.05, 0) is 42.3 Å². The van der Waals surface area contributed by atoms with Gasteiger partial charge in [-0.2, -0.15) is 9.78 Å². The van der Waals surface area contributed by atoms with Crippen LogP contribution in [0.25, 0.3) is 5.82 Å². The van der Waals surface area contributed by atoms with Crippen LogP contribution in [0.15, 0.2) is 32.7 Å². The van der Waals surface area contributed by atoms with E-state index in [4.69, 9.17) is 10.2 Å². The highest BCUT2D eigenvalue weighted by Gasteiger charge is 2.25. The van der Waals surface area contributed by atoms with E-state index in [1.54, 1.807) is 6.07 Å². The summed E-state index contributed by atoms with van der Waals surface area (Å²) in [5.41, 5.74) is 9.61. The third-order valence-corrected chi connectivity index (χ3v) is 4.05. The number of rotatable bonds is 10. The molecule has 154 valence electrons. The minimum Gasteiger partial charge on any atom is -0.472 e. The molecule has 0 bridgehead atoms. The van der Waals surface area contributed by atoms with Gasteiger partial charge in [0.25, 0.3) is 5.91 Å². The molecule has 12 heteroatoms. The summed E-state index contributed by atoms with van der Waals surface area (Å²) in [5, 5.41) is 19.3.